The highest BCUT2D eigenvalue weighted by molar-refractivity contribution is 9.10. The van der Waals surface area contributed by atoms with Crippen molar-refractivity contribution in [2.45, 2.75) is 20.5 Å². The van der Waals surface area contributed by atoms with Crippen molar-refractivity contribution in [1.82, 2.24) is 9.97 Å². The zero-order valence-corrected chi connectivity index (χ0v) is 18.5. The number of hydrogen-bond acceptors (Lipinski definition) is 8. The lowest BCUT2D eigenvalue weighted by molar-refractivity contribution is 0.0702. The maximum Gasteiger partial charge on any atom is 0.345 e. The van der Waals surface area contributed by atoms with Crippen molar-refractivity contribution < 1.29 is 18.3 Å². The van der Waals surface area contributed by atoms with Gasteiger partial charge in [0.2, 0.25) is 9.84 Å². The lowest BCUT2D eigenvalue weighted by Crippen LogP contribution is -2.06. The first-order valence-corrected chi connectivity index (χ1v) is 12.1. The Morgan fingerprint density at radius 3 is 2.75 bits per heavy atom. The summed E-state index contributed by atoms with van der Waals surface area (Å²) in [4.78, 5) is 19.4. The van der Waals surface area contributed by atoms with Crippen LogP contribution in [0.5, 0.6) is 0 Å². The maximum atomic E-state index is 13.0. The molecule has 0 radical (unpaired) electrons. The molecular formula is C17H14BrN3O4S3. The minimum atomic E-state index is -3.90. The van der Waals surface area contributed by atoms with Crippen LogP contribution in [0, 0.1) is 0 Å². The molecule has 0 aliphatic rings. The molecule has 0 spiro atoms. The zero-order valence-electron chi connectivity index (χ0n) is 14.4. The molecule has 7 nitrogen and oxygen atoms in total. The number of rotatable bonds is 7. The molecule has 2 N–H and O–H groups in total. The molecular weight excluding hydrogens is 486 g/mol. The molecule has 3 aromatic heterocycles. The molecule has 3 rings (SSSR count). The van der Waals surface area contributed by atoms with E-state index in [0.29, 0.717) is 21.0 Å². The van der Waals surface area contributed by atoms with E-state index in [9.17, 15) is 13.2 Å². The Kier molecular flexibility index (Phi) is 6.38. The lowest BCUT2D eigenvalue weighted by atomic mass is 10.3. The first kappa shape index (κ1) is 20.8. The molecule has 0 fully saturated rings. The number of aromatic nitrogens is 2. The van der Waals surface area contributed by atoms with Gasteiger partial charge in [0.05, 0.1) is 18.5 Å². The summed E-state index contributed by atoms with van der Waals surface area (Å²) in [6, 6.07) is 6.38. The van der Waals surface area contributed by atoms with Crippen LogP contribution in [0.1, 0.15) is 15.2 Å². The average molecular weight is 500 g/mol. The minimum Gasteiger partial charge on any atom is -0.477 e. The Morgan fingerprint density at radius 1 is 1.36 bits per heavy atom. The molecule has 0 amide bonds. The van der Waals surface area contributed by atoms with Crippen LogP contribution in [0.2, 0.25) is 0 Å². The second kappa shape index (κ2) is 8.60. The smallest absolute Gasteiger partial charge is 0.345 e. The first-order valence-electron chi connectivity index (χ1n) is 7.77. The van der Waals surface area contributed by atoms with Crippen molar-refractivity contribution in [2.24, 2.45) is 0 Å². The molecule has 0 saturated carbocycles. The van der Waals surface area contributed by atoms with E-state index >= 15 is 0 Å². The Morgan fingerprint density at radius 2 is 2.14 bits per heavy atom. The normalized spacial score (nSPS) is 11.4. The Balaban J connectivity index is 1.89. The van der Waals surface area contributed by atoms with Gasteiger partial charge in [-0.1, -0.05) is 6.07 Å². The predicted molar refractivity (Wildman–Crippen MR) is 112 cm³/mol. The maximum absolute atomic E-state index is 13.0. The standard InChI is InChI=1S/C17H14BrN3O4S3/c1-26-17-14(6-13(27-17)16(22)23)28(24,25)11-5-12(18)15(21-9-11)20-8-10-3-2-4-19-7-10/h2-7,9H,8H2,1H3,(H,20,21)(H,22,23). The van der Waals surface area contributed by atoms with Crippen molar-refractivity contribution in [2.75, 3.05) is 11.6 Å². The van der Waals surface area contributed by atoms with E-state index in [2.05, 4.69) is 31.2 Å². The van der Waals surface area contributed by atoms with E-state index in [1.165, 1.54) is 30.1 Å². The number of halogens is 1. The van der Waals surface area contributed by atoms with Crippen molar-refractivity contribution in [3.63, 3.8) is 0 Å². The van der Waals surface area contributed by atoms with Crippen molar-refractivity contribution in [1.29, 1.82) is 0 Å². The van der Waals surface area contributed by atoms with Crippen LogP contribution in [0.4, 0.5) is 5.82 Å². The number of carbonyl (C=O) groups is 1. The number of nitrogens with one attached hydrogen (secondary N) is 1. The van der Waals surface area contributed by atoms with Crippen LogP contribution < -0.4 is 5.32 Å². The summed E-state index contributed by atoms with van der Waals surface area (Å²) in [6.07, 6.45) is 6.37. The molecule has 0 atom stereocenters. The van der Waals surface area contributed by atoms with E-state index in [-0.39, 0.29) is 14.7 Å². The van der Waals surface area contributed by atoms with Gasteiger partial charge in [-0.3, -0.25) is 4.98 Å². The Hall–Kier alpha value is -1.95. The van der Waals surface area contributed by atoms with Gasteiger partial charge < -0.3 is 10.4 Å². The number of carboxylic acids is 1. The van der Waals surface area contributed by atoms with E-state index in [1.54, 1.807) is 18.6 Å². The van der Waals surface area contributed by atoms with E-state index < -0.39 is 15.8 Å². The second-order valence-electron chi connectivity index (χ2n) is 5.49. The van der Waals surface area contributed by atoms with Gasteiger partial charge in [0.1, 0.15) is 10.7 Å². The molecule has 0 saturated heterocycles. The summed E-state index contributed by atoms with van der Waals surface area (Å²) in [5.74, 6) is -0.666. The lowest BCUT2D eigenvalue weighted by Gasteiger charge is -2.10. The molecule has 3 aromatic rings. The molecule has 0 bridgehead atoms. The molecule has 0 unspecified atom stereocenters. The summed E-state index contributed by atoms with van der Waals surface area (Å²) in [5.41, 5.74) is 0.956. The number of thiophene rings is 1. The molecule has 0 aliphatic heterocycles. The molecule has 11 heteroatoms. The van der Waals surface area contributed by atoms with Gasteiger partial charge in [-0.15, -0.1) is 23.1 Å². The van der Waals surface area contributed by atoms with Gasteiger partial charge in [0.15, 0.2) is 0 Å². The number of aromatic carboxylic acids is 1. The number of thioether (sulfide) groups is 1. The third kappa shape index (κ3) is 4.37. The summed E-state index contributed by atoms with van der Waals surface area (Å²) in [6.45, 7) is 0.481. The van der Waals surface area contributed by atoms with Crippen LogP contribution >= 0.6 is 39.0 Å². The highest BCUT2D eigenvalue weighted by Gasteiger charge is 2.27. The molecule has 3 heterocycles. The largest absolute Gasteiger partial charge is 0.477 e. The summed E-state index contributed by atoms with van der Waals surface area (Å²) in [7, 11) is -3.90. The molecule has 146 valence electrons. The number of sulfone groups is 1. The number of hydrogen-bond donors (Lipinski definition) is 2. The van der Waals surface area contributed by atoms with Crippen molar-refractivity contribution in [3.05, 3.63) is 57.8 Å². The number of carboxylic acid groups (broad SMARTS) is 1. The highest BCUT2D eigenvalue weighted by atomic mass is 79.9. The van der Waals surface area contributed by atoms with Gasteiger partial charge in [-0.25, -0.2) is 18.2 Å². The monoisotopic (exact) mass is 499 g/mol. The van der Waals surface area contributed by atoms with E-state index in [4.69, 9.17) is 5.11 Å². The number of anilines is 1. The summed E-state index contributed by atoms with van der Waals surface area (Å²) < 4.78 is 26.9. The van der Waals surface area contributed by atoms with Gasteiger partial charge >= 0.3 is 5.97 Å². The van der Waals surface area contributed by atoms with Gasteiger partial charge in [0.25, 0.3) is 0 Å². The fourth-order valence-corrected chi connectivity index (χ4v) is 6.75. The van der Waals surface area contributed by atoms with Crippen LogP contribution in [-0.2, 0) is 16.4 Å². The van der Waals surface area contributed by atoms with Crippen LogP contribution in [-0.4, -0.2) is 35.7 Å². The van der Waals surface area contributed by atoms with E-state index in [1.807, 2.05) is 12.1 Å². The van der Waals surface area contributed by atoms with Crippen LogP contribution in [0.15, 0.2) is 61.3 Å². The number of nitrogens with zero attached hydrogens (tertiary/aromatic N) is 2. The summed E-state index contributed by atoms with van der Waals surface area (Å²) in [5, 5.41) is 12.3. The van der Waals surface area contributed by atoms with Crippen LogP contribution in [0.25, 0.3) is 0 Å². The fourth-order valence-electron chi connectivity index (χ4n) is 2.31. The van der Waals surface area contributed by atoms with Gasteiger partial charge in [-0.05, 0) is 45.9 Å². The molecule has 0 aromatic carbocycles. The third-order valence-electron chi connectivity index (χ3n) is 3.66. The average Bonchev–Trinajstić information content (AvgIpc) is 3.13. The topological polar surface area (TPSA) is 109 Å². The van der Waals surface area contributed by atoms with Crippen LogP contribution in [0.3, 0.4) is 0 Å². The summed E-state index contributed by atoms with van der Waals surface area (Å²) >= 11 is 5.48. The molecule has 0 aliphatic carbocycles. The second-order valence-corrected chi connectivity index (χ2v) is 10.4. The Bertz CT molecular complexity index is 1120. The first-order chi connectivity index (χ1) is 13.3. The van der Waals surface area contributed by atoms with Crippen molar-refractivity contribution >= 4 is 60.7 Å². The van der Waals surface area contributed by atoms with E-state index in [0.717, 1.165) is 16.9 Å². The van der Waals surface area contributed by atoms with Gasteiger partial charge in [-0.2, -0.15) is 0 Å². The fraction of sp³-hybridized carbons (Fsp3) is 0.118. The zero-order chi connectivity index (χ0) is 20.3. The minimum absolute atomic E-state index is 0.0173. The highest BCUT2D eigenvalue weighted by Crippen LogP contribution is 2.37. The predicted octanol–water partition coefficient (Wildman–Crippen LogP) is 4.17. The number of pyridine rings is 2. The Labute approximate surface area is 178 Å². The quantitative estimate of drug-likeness (QED) is 0.466. The molecule has 28 heavy (non-hydrogen) atoms. The third-order valence-corrected chi connectivity index (χ3v) is 8.53. The SMILES string of the molecule is CSc1sc(C(=O)O)cc1S(=O)(=O)c1cnc(NCc2cccnc2)c(Br)c1. The van der Waals surface area contributed by atoms with Crippen molar-refractivity contribution in [3.8, 4) is 0 Å². The van der Waals surface area contributed by atoms with Gasteiger partial charge in [0, 0.05) is 25.1 Å².